The Bertz CT molecular complexity index is 124. The van der Waals surface area contributed by atoms with Gasteiger partial charge in [0.2, 0.25) is 0 Å². The zero-order chi connectivity index (χ0) is 9.94. The molecule has 0 aliphatic heterocycles. The molecule has 12 heavy (non-hydrogen) atoms. The van der Waals surface area contributed by atoms with Gasteiger partial charge in [0.1, 0.15) is 0 Å². The van der Waals surface area contributed by atoms with Gasteiger partial charge in [-0.2, -0.15) is 0 Å². The lowest BCUT2D eigenvalue weighted by atomic mass is 9.76. The first-order chi connectivity index (χ1) is 5.24. The van der Waals surface area contributed by atoms with Gasteiger partial charge in [0.15, 0.2) is 0 Å². The molecular weight excluding hydrogens is 163 g/mol. The molecule has 0 N–H and O–H groups in total. The Morgan fingerprint density at radius 2 is 1.25 bits per heavy atom. The number of hydrogen-bond donors (Lipinski definition) is 0. The fourth-order valence-electron chi connectivity index (χ4n) is 1.37. The monoisotopic (exact) mass is 186 g/mol. The average molecular weight is 186 g/mol. The summed E-state index contributed by atoms with van der Waals surface area (Å²) in [7, 11) is 7.70. The Balaban J connectivity index is 4.15. The van der Waals surface area contributed by atoms with Crippen molar-refractivity contribution in [3.8, 4) is 0 Å². The quantitative estimate of drug-likeness (QED) is 0.613. The first kappa shape index (κ1) is 12.2. The van der Waals surface area contributed by atoms with E-state index in [0.717, 1.165) is 0 Å². The van der Waals surface area contributed by atoms with Crippen LogP contribution >= 0.6 is 0 Å². The maximum Gasteiger partial charge on any atom is 0.307 e. The molecule has 0 bridgehead atoms. The molecule has 72 valence electrons. The predicted molar refractivity (Wildman–Crippen MR) is 61.3 cm³/mol. The third kappa shape index (κ3) is 4.96. The van der Waals surface area contributed by atoms with Crippen LogP contribution in [0.5, 0.6) is 0 Å². The van der Waals surface area contributed by atoms with Crippen LogP contribution in [0.25, 0.3) is 0 Å². The fourth-order valence-corrected chi connectivity index (χ4v) is 3.20. The van der Waals surface area contributed by atoms with Crippen molar-refractivity contribution in [2.45, 2.75) is 25.6 Å². The van der Waals surface area contributed by atoms with E-state index in [2.05, 4.69) is 57.5 Å². The van der Waals surface area contributed by atoms with Crippen LogP contribution in [0.2, 0.25) is 25.6 Å². The maximum absolute atomic E-state index is 2.42. The van der Waals surface area contributed by atoms with E-state index in [4.69, 9.17) is 0 Å². The van der Waals surface area contributed by atoms with E-state index in [1.165, 1.54) is 5.94 Å². The first-order valence-corrected chi connectivity index (χ1v) is 8.27. The minimum atomic E-state index is -0.929. The highest BCUT2D eigenvalue weighted by Crippen LogP contribution is 2.12. The van der Waals surface area contributed by atoms with Crippen molar-refractivity contribution in [1.29, 1.82) is 0 Å². The second kappa shape index (κ2) is 4.44. The van der Waals surface area contributed by atoms with Crippen LogP contribution in [0, 0.1) is 0 Å². The van der Waals surface area contributed by atoms with Gasteiger partial charge in [-0.1, -0.05) is 19.6 Å². The number of rotatable bonds is 4. The highest BCUT2D eigenvalue weighted by atomic mass is 28.3. The minimum Gasteiger partial charge on any atom is -0.334 e. The summed E-state index contributed by atoms with van der Waals surface area (Å²) in [6.45, 7) is 7.88. The van der Waals surface area contributed by atoms with Crippen molar-refractivity contribution >= 4 is 15.1 Å². The lowest BCUT2D eigenvalue weighted by Gasteiger charge is -2.31. The van der Waals surface area contributed by atoms with Gasteiger partial charge in [-0.15, -0.1) is 0 Å². The van der Waals surface area contributed by atoms with E-state index < -0.39 is 8.07 Å². The molecule has 0 saturated carbocycles. The summed E-state index contributed by atoms with van der Waals surface area (Å²) in [5.41, 5.74) is 0. The Morgan fingerprint density at radius 1 is 0.917 bits per heavy atom. The molecule has 0 amide bonds. The average Bonchev–Trinajstić information content (AvgIpc) is 1.79. The molecule has 0 atom stereocenters. The Kier molecular flexibility index (Phi) is 4.52. The largest absolute Gasteiger partial charge is 0.334 e. The van der Waals surface area contributed by atoms with Crippen molar-refractivity contribution < 1.29 is 0 Å². The summed E-state index contributed by atoms with van der Waals surface area (Å²) < 4.78 is 0. The topological polar surface area (TPSA) is 6.48 Å². The molecule has 0 rings (SSSR count). The fraction of sp³-hybridized carbons (Fsp3) is 1.00. The van der Waals surface area contributed by atoms with Gasteiger partial charge in [-0.25, -0.2) is 0 Å². The van der Waals surface area contributed by atoms with Crippen LogP contribution in [0.3, 0.4) is 0 Å². The molecule has 0 aliphatic carbocycles. The molecule has 0 aliphatic rings. The normalized spacial score (nSPS) is 12.8. The van der Waals surface area contributed by atoms with Crippen molar-refractivity contribution in [3.63, 3.8) is 0 Å². The van der Waals surface area contributed by atoms with E-state index >= 15 is 0 Å². The molecule has 0 radical (unpaired) electrons. The molecule has 0 aromatic carbocycles. The van der Waals surface area contributed by atoms with Crippen LogP contribution in [-0.4, -0.2) is 52.9 Å². The number of nitrogens with zero attached hydrogens (tertiary/aromatic N) is 2. The smallest absolute Gasteiger partial charge is 0.307 e. The van der Waals surface area contributed by atoms with Crippen LogP contribution in [0.15, 0.2) is 0 Å². The summed E-state index contributed by atoms with van der Waals surface area (Å²) in [4.78, 5) is 4.61. The van der Waals surface area contributed by atoms with Crippen LogP contribution < -0.4 is 0 Å². The molecule has 0 heterocycles. The highest BCUT2D eigenvalue weighted by Gasteiger charge is 2.27. The summed E-state index contributed by atoms with van der Waals surface area (Å²) in [5, 5.41) is 0. The predicted octanol–water partition coefficient (Wildman–Crippen LogP) is 1.48. The van der Waals surface area contributed by atoms with Gasteiger partial charge in [0, 0.05) is 8.07 Å². The Labute approximate surface area is 79.1 Å². The molecule has 2 nitrogen and oxygen atoms in total. The standard InChI is InChI=1S/C8H23BN2Si/c1-10(2)9(11(3)4)8-12(5,6)7/h8H2,1-7H3. The highest BCUT2D eigenvalue weighted by molar-refractivity contribution is 6.86. The zero-order valence-electron chi connectivity index (χ0n) is 9.68. The van der Waals surface area contributed by atoms with E-state index in [9.17, 15) is 0 Å². The van der Waals surface area contributed by atoms with E-state index in [-0.39, 0.29) is 0 Å². The van der Waals surface area contributed by atoms with Gasteiger partial charge in [0.25, 0.3) is 0 Å². The molecular formula is C8H23BN2Si. The van der Waals surface area contributed by atoms with E-state index in [1.807, 2.05) is 0 Å². The minimum absolute atomic E-state index is 0.608. The summed E-state index contributed by atoms with van der Waals surface area (Å²) in [6, 6.07) is 0. The third-order valence-electron chi connectivity index (χ3n) is 1.99. The van der Waals surface area contributed by atoms with E-state index in [1.54, 1.807) is 0 Å². The van der Waals surface area contributed by atoms with Gasteiger partial charge >= 0.3 is 6.98 Å². The summed E-state index contributed by atoms with van der Waals surface area (Å²) in [6.07, 6.45) is 0. The zero-order valence-corrected chi connectivity index (χ0v) is 10.7. The van der Waals surface area contributed by atoms with Gasteiger partial charge < -0.3 is 9.62 Å². The second-order valence-corrected chi connectivity index (χ2v) is 10.7. The van der Waals surface area contributed by atoms with Gasteiger partial charge in [0.05, 0.1) is 0 Å². The molecule has 0 aromatic rings. The third-order valence-corrected chi connectivity index (χ3v) is 3.58. The summed E-state index contributed by atoms with van der Waals surface area (Å²) >= 11 is 0. The Hall–Kier alpha value is 0.202. The lowest BCUT2D eigenvalue weighted by molar-refractivity contribution is 0.520. The molecule has 0 spiro atoms. The molecule has 0 unspecified atom stereocenters. The van der Waals surface area contributed by atoms with Crippen LogP contribution in [-0.2, 0) is 0 Å². The van der Waals surface area contributed by atoms with E-state index in [0.29, 0.717) is 6.98 Å². The van der Waals surface area contributed by atoms with Gasteiger partial charge in [-0.3, -0.25) is 0 Å². The maximum atomic E-state index is 2.42. The molecule has 4 heteroatoms. The second-order valence-electron chi connectivity index (χ2n) is 5.17. The SMILES string of the molecule is CN(C)B(C[Si](C)(C)C)N(C)C. The Morgan fingerprint density at radius 3 is 1.33 bits per heavy atom. The molecule has 0 saturated heterocycles. The number of hydrogen-bond acceptors (Lipinski definition) is 2. The van der Waals surface area contributed by atoms with Crippen molar-refractivity contribution in [2.24, 2.45) is 0 Å². The first-order valence-electron chi connectivity index (χ1n) is 4.57. The van der Waals surface area contributed by atoms with Crippen molar-refractivity contribution in [2.75, 3.05) is 28.2 Å². The molecule has 0 aromatic heterocycles. The van der Waals surface area contributed by atoms with Crippen LogP contribution in [0.1, 0.15) is 0 Å². The summed E-state index contributed by atoms with van der Waals surface area (Å²) in [5.74, 6) is 1.34. The van der Waals surface area contributed by atoms with Crippen molar-refractivity contribution in [3.05, 3.63) is 0 Å². The van der Waals surface area contributed by atoms with Gasteiger partial charge in [-0.05, 0) is 34.1 Å². The lowest BCUT2D eigenvalue weighted by Crippen LogP contribution is -2.49. The van der Waals surface area contributed by atoms with Crippen molar-refractivity contribution in [1.82, 2.24) is 9.62 Å². The molecule has 0 fully saturated rings. The van der Waals surface area contributed by atoms with Crippen LogP contribution in [0.4, 0.5) is 0 Å².